The van der Waals surface area contributed by atoms with Crippen LogP contribution in [0.25, 0.3) is 0 Å². The van der Waals surface area contributed by atoms with Crippen molar-refractivity contribution in [2.75, 3.05) is 19.8 Å². The van der Waals surface area contributed by atoms with Crippen molar-refractivity contribution in [3.63, 3.8) is 0 Å². The van der Waals surface area contributed by atoms with E-state index in [0.717, 1.165) is 103 Å². The Labute approximate surface area is 413 Å². The Morgan fingerprint density at radius 2 is 0.853 bits per heavy atom. The Balaban J connectivity index is 3.88. The fraction of sp³-hybridized carbons (Fsp3) is 0.661. The molecule has 3 atom stereocenters. The molecule has 0 aliphatic heterocycles. The lowest BCUT2D eigenvalue weighted by molar-refractivity contribution is -0.147. The molecule has 11 nitrogen and oxygen atoms in total. The average Bonchev–Trinajstić information content (AvgIpc) is 3.32. The fourth-order valence-corrected chi connectivity index (χ4v) is 7.59. The zero-order chi connectivity index (χ0) is 49.9. The van der Waals surface area contributed by atoms with Crippen LogP contribution in [0.1, 0.15) is 206 Å². The van der Waals surface area contributed by atoms with Gasteiger partial charge in [-0.1, -0.05) is 195 Å². The SMILES string of the molecule is CC/C=C\C/C=C\C/C=C\C/C=C\C/C=C\CCCCCCCC(=O)NC(COP(=O)(O)OCC(O)COC(=O)CCCCCCCCCCCC/C=C\C/C=C\C/C=C\CCCCC)C(=O)O. The van der Waals surface area contributed by atoms with Gasteiger partial charge in [0.05, 0.1) is 13.2 Å². The quantitative estimate of drug-likeness (QED) is 0.0199. The minimum absolute atomic E-state index is 0.118. The Morgan fingerprint density at radius 3 is 1.28 bits per heavy atom. The number of esters is 1. The van der Waals surface area contributed by atoms with Crippen LogP contribution in [-0.2, 0) is 32.7 Å². The van der Waals surface area contributed by atoms with Crippen LogP contribution in [-0.4, -0.2) is 64.9 Å². The van der Waals surface area contributed by atoms with Crippen molar-refractivity contribution >= 4 is 25.7 Å². The first-order valence-corrected chi connectivity index (χ1v) is 27.8. The molecule has 1 amide bonds. The second kappa shape index (κ2) is 49.8. The van der Waals surface area contributed by atoms with Crippen molar-refractivity contribution in [2.45, 2.75) is 219 Å². The van der Waals surface area contributed by atoms with Gasteiger partial charge in [-0.15, -0.1) is 0 Å². The molecule has 12 heteroatoms. The molecule has 0 bridgehead atoms. The fourth-order valence-electron chi connectivity index (χ4n) is 6.82. The van der Waals surface area contributed by atoms with Crippen molar-refractivity contribution in [1.29, 1.82) is 0 Å². The number of hydrogen-bond acceptors (Lipinski definition) is 8. The van der Waals surface area contributed by atoms with Gasteiger partial charge in [-0.25, -0.2) is 9.36 Å². The number of aliphatic carboxylic acids is 1. The number of amides is 1. The van der Waals surface area contributed by atoms with Gasteiger partial charge in [-0.3, -0.25) is 18.6 Å². The normalized spacial score (nSPS) is 14.3. The molecule has 3 unspecified atom stereocenters. The highest BCUT2D eigenvalue weighted by Crippen LogP contribution is 2.43. The van der Waals surface area contributed by atoms with Crippen LogP contribution in [0, 0.1) is 0 Å². The van der Waals surface area contributed by atoms with Crippen molar-refractivity contribution in [3.05, 3.63) is 97.2 Å². The highest BCUT2D eigenvalue weighted by molar-refractivity contribution is 7.47. The molecular formula is C56H94NO10P. The maximum Gasteiger partial charge on any atom is 0.472 e. The van der Waals surface area contributed by atoms with Crippen LogP contribution < -0.4 is 5.32 Å². The van der Waals surface area contributed by atoms with E-state index in [1.54, 1.807) is 0 Å². The number of phosphoric ester groups is 1. The number of aliphatic hydroxyl groups excluding tert-OH is 1. The molecule has 0 aromatic heterocycles. The molecule has 0 radical (unpaired) electrons. The number of carboxylic acids is 1. The summed E-state index contributed by atoms with van der Waals surface area (Å²) in [6, 6.07) is -1.57. The molecule has 0 aliphatic rings. The third-order valence-electron chi connectivity index (χ3n) is 10.9. The van der Waals surface area contributed by atoms with Crippen LogP contribution in [0.5, 0.6) is 0 Å². The molecule has 0 aliphatic carbocycles. The third-order valence-corrected chi connectivity index (χ3v) is 11.8. The first-order valence-electron chi connectivity index (χ1n) is 26.3. The third kappa shape index (κ3) is 48.8. The zero-order valence-corrected chi connectivity index (χ0v) is 43.3. The number of ether oxygens (including phenoxy) is 1. The minimum atomic E-state index is -4.78. The molecule has 0 spiro atoms. The lowest BCUT2D eigenvalue weighted by atomic mass is 10.1. The standard InChI is InChI=1S/C56H94NO10P/c1-3-5-7-9-11-13-15-17-19-21-23-25-26-28-30-32-34-36-38-40-42-44-46-48-55(60)65-49-52(58)50-66-68(63,64)67-51-53(56(61)62)57-54(59)47-45-43-41-39-37-35-33-31-29-27-24-22-20-18-16-14-12-10-8-6-4-2/h6,8,11-14,17-20,23-25,27,31,33,52-53,58H,3-5,7,9-10,15-16,21-22,26,28-30,32,34-51H2,1-2H3,(H,57,59)(H,61,62)(H,63,64)/b8-6-,13-11-,14-12-,19-17-,20-18-,25-23-,27-24-,33-31-. The van der Waals surface area contributed by atoms with Gasteiger partial charge in [0, 0.05) is 12.8 Å². The minimum Gasteiger partial charge on any atom is -0.480 e. The molecule has 0 aromatic carbocycles. The molecule has 0 heterocycles. The number of carbonyl (C=O) groups excluding carboxylic acids is 2. The molecule has 388 valence electrons. The number of aliphatic hydroxyl groups is 1. The first kappa shape index (κ1) is 64.4. The molecule has 0 aromatic rings. The van der Waals surface area contributed by atoms with Gasteiger partial charge in [0.15, 0.2) is 6.04 Å². The van der Waals surface area contributed by atoms with Gasteiger partial charge in [-0.2, -0.15) is 0 Å². The van der Waals surface area contributed by atoms with Crippen LogP contribution in [0.2, 0.25) is 0 Å². The Bertz CT molecular complexity index is 1510. The Hall–Kier alpha value is -3.60. The van der Waals surface area contributed by atoms with E-state index < -0.39 is 57.6 Å². The summed E-state index contributed by atoms with van der Waals surface area (Å²) < 4.78 is 27.0. The number of hydrogen-bond donors (Lipinski definition) is 4. The van der Waals surface area contributed by atoms with Crippen molar-refractivity contribution < 1.29 is 47.8 Å². The summed E-state index contributed by atoms with van der Waals surface area (Å²) in [7, 11) is -4.78. The van der Waals surface area contributed by atoms with E-state index in [1.165, 1.54) is 64.2 Å². The van der Waals surface area contributed by atoms with Crippen molar-refractivity contribution in [2.24, 2.45) is 0 Å². The second-order valence-corrected chi connectivity index (χ2v) is 18.8. The summed E-state index contributed by atoms with van der Waals surface area (Å²) in [5.74, 6) is -2.41. The van der Waals surface area contributed by atoms with Crippen LogP contribution in [0.3, 0.4) is 0 Å². The summed E-state index contributed by atoms with van der Waals surface area (Å²) in [4.78, 5) is 46.2. The van der Waals surface area contributed by atoms with Crippen LogP contribution in [0.4, 0.5) is 0 Å². The maximum absolute atomic E-state index is 12.4. The monoisotopic (exact) mass is 972 g/mol. The number of phosphoric acid groups is 1. The highest BCUT2D eigenvalue weighted by Gasteiger charge is 2.28. The number of unbranched alkanes of at least 4 members (excludes halogenated alkanes) is 18. The number of allylic oxidation sites excluding steroid dienone is 16. The number of carboxylic acid groups (broad SMARTS) is 1. The van der Waals surface area contributed by atoms with Crippen LogP contribution >= 0.6 is 7.82 Å². The lowest BCUT2D eigenvalue weighted by Gasteiger charge is -2.18. The predicted octanol–water partition coefficient (Wildman–Crippen LogP) is 14.8. The predicted molar refractivity (Wildman–Crippen MR) is 281 cm³/mol. The van der Waals surface area contributed by atoms with E-state index >= 15 is 0 Å². The van der Waals surface area contributed by atoms with E-state index in [2.05, 4.69) is 116 Å². The molecule has 0 rings (SSSR count). The van der Waals surface area contributed by atoms with Gasteiger partial charge in [0.25, 0.3) is 0 Å². The zero-order valence-electron chi connectivity index (χ0n) is 42.4. The topological polar surface area (TPSA) is 169 Å². The van der Waals surface area contributed by atoms with E-state index in [-0.39, 0.29) is 12.8 Å². The van der Waals surface area contributed by atoms with E-state index in [4.69, 9.17) is 13.8 Å². The van der Waals surface area contributed by atoms with E-state index in [0.29, 0.717) is 12.8 Å². The van der Waals surface area contributed by atoms with Gasteiger partial charge in [0.1, 0.15) is 12.7 Å². The summed E-state index contributed by atoms with van der Waals surface area (Å²) in [5, 5.41) is 21.9. The van der Waals surface area contributed by atoms with Gasteiger partial charge in [0.2, 0.25) is 5.91 Å². The van der Waals surface area contributed by atoms with E-state index in [1.807, 2.05) is 0 Å². The Kier molecular flexibility index (Phi) is 47.2. The van der Waals surface area contributed by atoms with Gasteiger partial charge >= 0.3 is 19.8 Å². The molecule has 0 saturated heterocycles. The molecule has 0 saturated carbocycles. The molecule has 68 heavy (non-hydrogen) atoms. The van der Waals surface area contributed by atoms with Crippen molar-refractivity contribution in [3.8, 4) is 0 Å². The first-order chi connectivity index (χ1) is 33.1. The van der Waals surface area contributed by atoms with Crippen LogP contribution in [0.15, 0.2) is 97.2 Å². The van der Waals surface area contributed by atoms with E-state index in [9.17, 15) is 34.1 Å². The van der Waals surface area contributed by atoms with Gasteiger partial charge in [-0.05, 0) is 96.3 Å². The molecular weight excluding hydrogens is 878 g/mol. The largest absolute Gasteiger partial charge is 0.480 e. The molecule has 0 fully saturated rings. The number of nitrogens with one attached hydrogen (secondary N) is 1. The number of carbonyl (C=O) groups is 3. The summed E-state index contributed by atoms with van der Waals surface area (Å²) >= 11 is 0. The smallest absolute Gasteiger partial charge is 0.472 e. The van der Waals surface area contributed by atoms with Crippen molar-refractivity contribution in [1.82, 2.24) is 5.32 Å². The second-order valence-electron chi connectivity index (χ2n) is 17.3. The summed E-state index contributed by atoms with van der Waals surface area (Å²) in [6.45, 7) is 2.45. The average molecular weight is 972 g/mol. The Morgan fingerprint density at radius 1 is 0.485 bits per heavy atom. The summed E-state index contributed by atoms with van der Waals surface area (Å²) in [6.07, 6.45) is 64.2. The number of rotatable bonds is 48. The summed E-state index contributed by atoms with van der Waals surface area (Å²) in [5.41, 5.74) is 0. The molecule has 4 N–H and O–H groups in total. The maximum atomic E-state index is 12.4. The highest BCUT2D eigenvalue weighted by atomic mass is 31.2. The van der Waals surface area contributed by atoms with Gasteiger partial charge < -0.3 is 25.2 Å². The lowest BCUT2D eigenvalue weighted by Crippen LogP contribution is -2.43.